The lowest BCUT2D eigenvalue weighted by Crippen LogP contribution is -2.10. The Morgan fingerprint density at radius 3 is 2.94 bits per heavy atom. The van der Waals surface area contributed by atoms with Gasteiger partial charge in [0.25, 0.3) is 0 Å². The standard InChI is InChI=1S/C12H10N4S/c13-12(11-7-15-16-17-11)10-3-1-2-8-6-14-5-4-9(8)10/h1-7,12H,13H2. The molecule has 84 valence electrons. The molecule has 0 saturated heterocycles. The van der Waals surface area contributed by atoms with Gasteiger partial charge in [-0.25, -0.2) is 0 Å². The third-order valence-corrected chi connectivity index (χ3v) is 3.48. The molecule has 0 amide bonds. The summed E-state index contributed by atoms with van der Waals surface area (Å²) in [5, 5.41) is 6.05. The quantitative estimate of drug-likeness (QED) is 0.747. The fraction of sp³-hybridized carbons (Fsp3) is 0.0833. The second-order valence-electron chi connectivity index (χ2n) is 3.74. The van der Waals surface area contributed by atoms with Crippen LogP contribution in [0.25, 0.3) is 10.8 Å². The first-order valence-electron chi connectivity index (χ1n) is 5.22. The molecule has 4 nitrogen and oxygen atoms in total. The summed E-state index contributed by atoms with van der Waals surface area (Å²) in [4.78, 5) is 5.08. The molecule has 0 aliphatic rings. The number of hydrogen-bond donors (Lipinski definition) is 1. The molecule has 1 aromatic carbocycles. The molecule has 2 aromatic heterocycles. The number of rotatable bonds is 2. The van der Waals surface area contributed by atoms with Crippen molar-refractivity contribution in [2.75, 3.05) is 0 Å². The van der Waals surface area contributed by atoms with Gasteiger partial charge in [0.15, 0.2) is 0 Å². The molecule has 2 heterocycles. The molecule has 1 atom stereocenters. The Balaban J connectivity index is 2.17. The zero-order chi connectivity index (χ0) is 11.7. The number of fused-ring (bicyclic) bond motifs is 1. The second kappa shape index (κ2) is 4.20. The maximum absolute atomic E-state index is 6.24. The zero-order valence-corrected chi connectivity index (χ0v) is 9.76. The second-order valence-corrected chi connectivity index (χ2v) is 4.56. The van der Waals surface area contributed by atoms with Crippen molar-refractivity contribution in [3.63, 3.8) is 0 Å². The molecule has 5 heteroatoms. The van der Waals surface area contributed by atoms with E-state index in [1.54, 1.807) is 12.4 Å². The van der Waals surface area contributed by atoms with Crippen LogP contribution >= 0.6 is 11.5 Å². The number of pyridine rings is 1. The Morgan fingerprint density at radius 1 is 1.18 bits per heavy atom. The van der Waals surface area contributed by atoms with Gasteiger partial charge in [0.1, 0.15) is 0 Å². The lowest BCUT2D eigenvalue weighted by atomic mass is 10.00. The predicted octanol–water partition coefficient (Wildman–Crippen LogP) is 2.13. The number of hydrogen-bond acceptors (Lipinski definition) is 5. The summed E-state index contributed by atoms with van der Waals surface area (Å²) in [6.45, 7) is 0. The van der Waals surface area contributed by atoms with Crippen LogP contribution in [-0.4, -0.2) is 14.6 Å². The normalized spacial score (nSPS) is 12.8. The van der Waals surface area contributed by atoms with E-state index in [1.807, 2.05) is 30.5 Å². The molecule has 0 spiro atoms. The van der Waals surface area contributed by atoms with Crippen molar-refractivity contribution in [2.24, 2.45) is 5.73 Å². The molecule has 0 radical (unpaired) electrons. The maximum atomic E-state index is 6.24. The van der Waals surface area contributed by atoms with Gasteiger partial charge in [0.2, 0.25) is 0 Å². The number of aromatic nitrogens is 3. The third-order valence-electron chi connectivity index (χ3n) is 2.73. The Kier molecular flexibility index (Phi) is 2.55. The number of nitrogens with zero attached hydrogens (tertiary/aromatic N) is 3. The molecule has 0 saturated carbocycles. The van der Waals surface area contributed by atoms with E-state index < -0.39 is 0 Å². The highest BCUT2D eigenvalue weighted by atomic mass is 32.1. The van der Waals surface area contributed by atoms with Crippen LogP contribution in [0, 0.1) is 0 Å². The largest absolute Gasteiger partial charge is 0.319 e. The fourth-order valence-corrected chi connectivity index (χ4v) is 2.41. The molecule has 17 heavy (non-hydrogen) atoms. The Hall–Kier alpha value is -1.85. The highest BCUT2D eigenvalue weighted by molar-refractivity contribution is 7.05. The fourth-order valence-electron chi connectivity index (χ4n) is 1.88. The van der Waals surface area contributed by atoms with Crippen LogP contribution < -0.4 is 5.73 Å². The number of nitrogens with two attached hydrogens (primary N) is 1. The van der Waals surface area contributed by atoms with Crippen molar-refractivity contribution in [2.45, 2.75) is 6.04 Å². The van der Waals surface area contributed by atoms with E-state index in [1.165, 1.54) is 11.5 Å². The number of benzene rings is 1. The summed E-state index contributed by atoms with van der Waals surface area (Å²) >= 11 is 1.33. The summed E-state index contributed by atoms with van der Waals surface area (Å²) in [6, 6.07) is 7.86. The first kappa shape index (κ1) is 10.3. The monoisotopic (exact) mass is 242 g/mol. The first-order chi connectivity index (χ1) is 8.36. The van der Waals surface area contributed by atoms with Gasteiger partial charge in [0.05, 0.1) is 17.1 Å². The van der Waals surface area contributed by atoms with E-state index >= 15 is 0 Å². The maximum Gasteiger partial charge on any atom is 0.0684 e. The molecule has 0 fully saturated rings. The minimum atomic E-state index is -0.180. The molecule has 0 aliphatic carbocycles. The van der Waals surface area contributed by atoms with Crippen LogP contribution in [0.4, 0.5) is 0 Å². The minimum absolute atomic E-state index is 0.180. The van der Waals surface area contributed by atoms with Crippen LogP contribution in [0.15, 0.2) is 42.9 Å². The van der Waals surface area contributed by atoms with Crippen molar-refractivity contribution < 1.29 is 0 Å². The third kappa shape index (κ3) is 1.79. The Labute approximate surface area is 102 Å². The highest BCUT2D eigenvalue weighted by Crippen LogP contribution is 2.27. The predicted molar refractivity (Wildman–Crippen MR) is 67.7 cm³/mol. The summed E-state index contributed by atoms with van der Waals surface area (Å²) in [5.74, 6) is 0. The summed E-state index contributed by atoms with van der Waals surface area (Å²) in [6.07, 6.45) is 5.34. The van der Waals surface area contributed by atoms with Gasteiger partial charge in [-0.05, 0) is 28.5 Å². The lowest BCUT2D eigenvalue weighted by Gasteiger charge is -2.11. The van der Waals surface area contributed by atoms with Crippen LogP contribution in [-0.2, 0) is 0 Å². The Morgan fingerprint density at radius 2 is 2.12 bits per heavy atom. The summed E-state index contributed by atoms with van der Waals surface area (Å²) in [5.41, 5.74) is 7.32. The van der Waals surface area contributed by atoms with Crippen LogP contribution in [0.1, 0.15) is 16.5 Å². The smallest absolute Gasteiger partial charge is 0.0684 e. The zero-order valence-electron chi connectivity index (χ0n) is 8.95. The van der Waals surface area contributed by atoms with Crippen molar-refractivity contribution in [3.05, 3.63) is 53.3 Å². The van der Waals surface area contributed by atoms with E-state index in [0.717, 1.165) is 21.2 Å². The van der Waals surface area contributed by atoms with Crippen LogP contribution in [0.5, 0.6) is 0 Å². The van der Waals surface area contributed by atoms with E-state index in [4.69, 9.17) is 5.73 Å². The average Bonchev–Trinajstić information content (AvgIpc) is 2.91. The van der Waals surface area contributed by atoms with Crippen molar-refractivity contribution >= 4 is 22.3 Å². The van der Waals surface area contributed by atoms with Gasteiger partial charge in [-0.1, -0.05) is 22.7 Å². The van der Waals surface area contributed by atoms with Gasteiger partial charge >= 0.3 is 0 Å². The van der Waals surface area contributed by atoms with Crippen LogP contribution in [0.3, 0.4) is 0 Å². The van der Waals surface area contributed by atoms with E-state index in [2.05, 4.69) is 14.6 Å². The average molecular weight is 242 g/mol. The Bertz CT molecular complexity index is 631. The summed E-state index contributed by atoms with van der Waals surface area (Å²) < 4.78 is 3.85. The molecule has 3 rings (SSSR count). The molecule has 0 aliphatic heterocycles. The molecule has 0 bridgehead atoms. The van der Waals surface area contributed by atoms with Gasteiger partial charge in [-0.2, -0.15) is 0 Å². The molecule has 2 N–H and O–H groups in total. The van der Waals surface area contributed by atoms with Gasteiger partial charge in [-0.15, -0.1) is 5.10 Å². The van der Waals surface area contributed by atoms with Crippen molar-refractivity contribution in [3.8, 4) is 0 Å². The molecular weight excluding hydrogens is 232 g/mol. The first-order valence-corrected chi connectivity index (χ1v) is 5.99. The van der Waals surface area contributed by atoms with Gasteiger partial charge in [0, 0.05) is 17.8 Å². The minimum Gasteiger partial charge on any atom is -0.319 e. The summed E-state index contributed by atoms with van der Waals surface area (Å²) in [7, 11) is 0. The SMILES string of the molecule is NC(c1cnns1)c1cccc2cnccc12. The van der Waals surface area contributed by atoms with Gasteiger partial charge in [-0.3, -0.25) is 4.98 Å². The van der Waals surface area contributed by atoms with E-state index in [9.17, 15) is 0 Å². The molecular formula is C12H10N4S. The van der Waals surface area contributed by atoms with Crippen molar-refractivity contribution in [1.29, 1.82) is 0 Å². The van der Waals surface area contributed by atoms with Crippen LogP contribution in [0.2, 0.25) is 0 Å². The van der Waals surface area contributed by atoms with E-state index in [0.29, 0.717) is 0 Å². The topological polar surface area (TPSA) is 64.7 Å². The molecule has 1 unspecified atom stereocenters. The van der Waals surface area contributed by atoms with Gasteiger partial charge < -0.3 is 5.73 Å². The molecule has 3 aromatic rings. The highest BCUT2D eigenvalue weighted by Gasteiger charge is 2.13. The van der Waals surface area contributed by atoms with E-state index in [-0.39, 0.29) is 6.04 Å². The van der Waals surface area contributed by atoms with Crippen molar-refractivity contribution in [1.82, 2.24) is 14.6 Å². The lowest BCUT2D eigenvalue weighted by molar-refractivity contribution is 0.898.